The van der Waals surface area contributed by atoms with Crippen molar-refractivity contribution >= 4 is 5.91 Å². The van der Waals surface area contributed by atoms with Gasteiger partial charge in [-0.05, 0) is 90.6 Å². The highest BCUT2D eigenvalue weighted by Crippen LogP contribution is 2.38. The van der Waals surface area contributed by atoms with E-state index in [9.17, 15) is 9.18 Å². The van der Waals surface area contributed by atoms with Crippen molar-refractivity contribution in [3.63, 3.8) is 0 Å². The highest BCUT2D eigenvalue weighted by molar-refractivity contribution is 5.94. The molecular formula is C37H46FN3O3. The van der Waals surface area contributed by atoms with E-state index in [1.807, 2.05) is 12.1 Å². The molecule has 6 nitrogen and oxygen atoms in total. The van der Waals surface area contributed by atoms with Crippen LogP contribution in [0.4, 0.5) is 4.39 Å². The predicted octanol–water partition coefficient (Wildman–Crippen LogP) is 8.65. The fourth-order valence-corrected chi connectivity index (χ4v) is 4.97. The molecule has 4 rings (SSSR count). The number of methoxy groups -OCH3 is 1. The first kappa shape index (κ1) is 32.8. The number of hydrogen-bond acceptors (Lipinski definition) is 4. The van der Waals surface area contributed by atoms with E-state index < -0.39 is 5.82 Å². The van der Waals surface area contributed by atoms with Crippen LogP contribution in [0.15, 0.2) is 72.8 Å². The molecular weight excluding hydrogens is 553 g/mol. The molecule has 0 atom stereocenters. The Morgan fingerprint density at radius 2 is 1.61 bits per heavy atom. The van der Waals surface area contributed by atoms with Crippen LogP contribution in [0.5, 0.6) is 11.5 Å². The molecule has 0 bridgehead atoms. The summed E-state index contributed by atoms with van der Waals surface area (Å²) in [5.41, 5.74) is 4.39. The van der Waals surface area contributed by atoms with E-state index in [1.165, 1.54) is 17.2 Å². The minimum absolute atomic E-state index is 0.00249. The first-order valence-electron chi connectivity index (χ1n) is 15.6. The maximum atomic E-state index is 14.6. The largest absolute Gasteiger partial charge is 0.497 e. The number of nitrogens with zero attached hydrogens (tertiary/aromatic N) is 2. The third kappa shape index (κ3) is 7.50. The number of nitrogens with one attached hydrogen (secondary N) is 1. The number of unbranched alkanes of at least 4 members (excludes halogenated alkanes) is 1. The maximum Gasteiger partial charge on any atom is 0.270 e. The van der Waals surface area contributed by atoms with E-state index in [0.29, 0.717) is 41.5 Å². The molecule has 0 radical (unpaired) electrons. The summed E-state index contributed by atoms with van der Waals surface area (Å²) >= 11 is 0. The summed E-state index contributed by atoms with van der Waals surface area (Å²) in [5, 5.41) is 7.61. The van der Waals surface area contributed by atoms with Crippen molar-refractivity contribution in [3.8, 4) is 28.4 Å². The number of benzene rings is 3. The van der Waals surface area contributed by atoms with Crippen molar-refractivity contribution < 1.29 is 18.7 Å². The van der Waals surface area contributed by atoms with Gasteiger partial charge in [-0.15, -0.1) is 0 Å². The predicted molar refractivity (Wildman–Crippen MR) is 176 cm³/mol. The highest BCUT2D eigenvalue weighted by Gasteiger charge is 2.26. The fourth-order valence-electron chi connectivity index (χ4n) is 4.97. The van der Waals surface area contributed by atoms with Crippen LogP contribution in [0, 0.1) is 5.82 Å². The van der Waals surface area contributed by atoms with Crippen molar-refractivity contribution in [1.82, 2.24) is 15.1 Å². The molecule has 0 saturated heterocycles. The summed E-state index contributed by atoms with van der Waals surface area (Å²) in [6.45, 7) is 14.6. The maximum absolute atomic E-state index is 14.6. The van der Waals surface area contributed by atoms with Crippen LogP contribution in [-0.2, 0) is 10.8 Å². The second kappa shape index (κ2) is 14.1. The molecule has 0 saturated carbocycles. The van der Waals surface area contributed by atoms with Crippen LogP contribution in [-0.4, -0.2) is 35.9 Å². The lowest BCUT2D eigenvalue weighted by Gasteiger charge is -2.30. The Morgan fingerprint density at radius 3 is 2.27 bits per heavy atom. The molecule has 1 amide bonds. The first-order chi connectivity index (χ1) is 21.0. The average Bonchev–Trinajstić information content (AvgIpc) is 3.48. The van der Waals surface area contributed by atoms with Crippen LogP contribution >= 0.6 is 0 Å². The molecule has 0 aliphatic heterocycles. The number of halogens is 1. The molecule has 0 spiro atoms. The number of hydrogen-bond donors (Lipinski definition) is 1. The number of carbonyl (C=O) groups is 1. The van der Waals surface area contributed by atoms with Gasteiger partial charge in [0, 0.05) is 17.7 Å². The van der Waals surface area contributed by atoms with Gasteiger partial charge >= 0.3 is 0 Å². The molecule has 0 fully saturated rings. The molecule has 1 heterocycles. The Hall–Kier alpha value is -4.13. The van der Waals surface area contributed by atoms with Crippen LogP contribution < -0.4 is 14.8 Å². The molecule has 7 heteroatoms. The van der Waals surface area contributed by atoms with Gasteiger partial charge in [0.25, 0.3) is 5.91 Å². The van der Waals surface area contributed by atoms with E-state index in [1.54, 1.807) is 48.2 Å². The second-order valence-electron chi connectivity index (χ2n) is 12.5. The van der Waals surface area contributed by atoms with Crippen molar-refractivity contribution in [2.75, 3.05) is 20.3 Å². The Morgan fingerprint density at radius 1 is 0.909 bits per heavy atom. The minimum atomic E-state index is -0.395. The summed E-state index contributed by atoms with van der Waals surface area (Å²) < 4.78 is 27.7. The van der Waals surface area contributed by atoms with Gasteiger partial charge in [0.2, 0.25) is 0 Å². The van der Waals surface area contributed by atoms with Crippen molar-refractivity contribution in [2.24, 2.45) is 0 Å². The van der Waals surface area contributed by atoms with Crippen LogP contribution in [0.1, 0.15) is 88.8 Å². The van der Waals surface area contributed by atoms with E-state index in [4.69, 9.17) is 9.47 Å². The Labute approximate surface area is 261 Å². The zero-order chi connectivity index (χ0) is 31.9. The third-order valence-electron chi connectivity index (χ3n) is 8.78. The fraction of sp³-hybridized carbons (Fsp3) is 0.405. The first-order valence-corrected chi connectivity index (χ1v) is 15.6. The average molecular weight is 600 g/mol. The van der Waals surface area contributed by atoms with Crippen molar-refractivity contribution in [2.45, 2.75) is 78.1 Å². The van der Waals surface area contributed by atoms with Gasteiger partial charge in [-0.3, -0.25) is 4.79 Å². The lowest BCUT2D eigenvalue weighted by molar-refractivity contribution is 0.0944. The number of aromatic nitrogens is 2. The molecule has 0 aliphatic carbocycles. The zero-order valence-electron chi connectivity index (χ0n) is 27.2. The van der Waals surface area contributed by atoms with Gasteiger partial charge in [0.1, 0.15) is 23.0 Å². The molecule has 1 N–H and O–H groups in total. The van der Waals surface area contributed by atoms with Gasteiger partial charge in [-0.2, -0.15) is 5.10 Å². The number of carbonyl (C=O) groups excluding carboxylic acids is 1. The Bertz CT molecular complexity index is 1560. The van der Waals surface area contributed by atoms with Crippen LogP contribution in [0.2, 0.25) is 0 Å². The Kier molecular flexibility index (Phi) is 10.5. The van der Waals surface area contributed by atoms with E-state index in [2.05, 4.69) is 70.2 Å². The number of rotatable bonds is 14. The lowest BCUT2D eigenvalue weighted by atomic mass is 9.76. The molecule has 1 aromatic heterocycles. The molecule has 0 unspecified atom stereocenters. The smallest absolute Gasteiger partial charge is 0.270 e. The molecule has 4 aromatic rings. The third-order valence-corrected chi connectivity index (χ3v) is 8.78. The van der Waals surface area contributed by atoms with E-state index >= 15 is 0 Å². The van der Waals surface area contributed by atoms with Gasteiger partial charge in [-0.1, -0.05) is 65.8 Å². The van der Waals surface area contributed by atoms with Crippen LogP contribution in [0.25, 0.3) is 16.9 Å². The Balaban J connectivity index is 1.41. The molecule has 3 aromatic carbocycles. The van der Waals surface area contributed by atoms with Gasteiger partial charge < -0.3 is 14.8 Å². The molecule has 234 valence electrons. The van der Waals surface area contributed by atoms with E-state index in [0.717, 1.165) is 31.4 Å². The zero-order valence-corrected chi connectivity index (χ0v) is 27.2. The van der Waals surface area contributed by atoms with Gasteiger partial charge in [-0.25, -0.2) is 9.07 Å². The van der Waals surface area contributed by atoms with Crippen LogP contribution in [0.3, 0.4) is 0 Å². The summed E-state index contributed by atoms with van der Waals surface area (Å²) in [6.07, 6.45) is 3.61. The topological polar surface area (TPSA) is 65.4 Å². The SMILES string of the molecule is CCC(C)(C)c1ccc(OCCCCNC(=O)c2cc(-c3ccccc3F)nn2-c2ccc(OC)cc2)c(C(C)(C)CC)c1. The summed E-state index contributed by atoms with van der Waals surface area (Å²) in [7, 11) is 1.60. The summed E-state index contributed by atoms with van der Waals surface area (Å²) in [5.74, 6) is 0.946. The quantitative estimate of drug-likeness (QED) is 0.147. The van der Waals surface area contributed by atoms with Gasteiger partial charge in [0.15, 0.2) is 0 Å². The second-order valence-corrected chi connectivity index (χ2v) is 12.5. The minimum Gasteiger partial charge on any atom is -0.497 e. The standard InChI is InChI=1S/C37H46FN3O3/c1-8-36(3,4)26-16-21-34(30(24-26)37(5,6)9-2)44-23-13-12-22-39-35(42)33-25-32(29-14-10-11-15-31(29)38)40-41(33)27-17-19-28(43-7)20-18-27/h10-11,14-21,24-25H,8-9,12-13,22-23H2,1-7H3,(H,39,42). The normalized spacial score (nSPS) is 11.8. The van der Waals surface area contributed by atoms with Gasteiger partial charge in [0.05, 0.1) is 25.1 Å². The summed E-state index contributed by atoms with van der Waals surface area (Å²) in [4.78, 5) is 13.3. The summed E-state index contributed by atoms with van der Waals surface area (Å²) in [6, 6.07) is 21.9. The lowest BCUT2D eigenvalue weighted by Crippen LogP contribution is -2.27. The van der Waals surface area contributed by atoms with E-state index in [-0.39, 0.29) is 16.7 Å². The number of ether oxygens (including phenoxy) is 2. The van der Waals surface area contributed by atoms with Crippen molar-refractivity contribution in [3.05, 3.63) is 95.4 Å². The highest BCUT2D eigenvalue weighted by atomic mass is 19.1. The monoisotopic (exact) mass is 599 g/mol. The van der Waals surface area contributed by atoms with Crippen molar-refractivity contribution in [1.29, 1.82) is 0 Å². The molecule has 0 aliphatic rings. The molecule has 44 heavy (non-hydrogen) atoms. The number of amides is 1.